The normalized spacial score (nSPS) is 19.2. The molecule has 1 aromatic rings. The van der Waals surface area contributed by atoms with Crippen LogP contribution >= 0.6 is 0 Å². The zero-order valence-electron chi connectivity index (χ0n) is 9.15. The van der Waals surface area contributed by atoms with Crippen LogP contribution in [0.2, 0.25) is 0 Å². The lowest BCUT2D eigenvalue weighted by atomic mass is 9.69. The van der Waals surface area contributed by atoms with Crippen LogP contribution in [0.1, 0.15) is 37.7 Å². The van der Waals surface area contributed by atoms with Crippen LogP contribution in [0.15, 0.2) is 24.3 Å². The van der Waals surface area contributed by atoms with Gasteiger partial charge in [0.2, 0.25) is 0 Å². The topological polar surface area (TPSA) is 57.5 Å². The molecule has 0 saturated heterocycles. The van der Waals surface area contributed by atoms with Crippen LogP contribution in [-0.2, 0) is 10.2 Å². The van der Waals surface area contributed by atoms with E-state index >= 15 is 0 Å². The Labute approximate surface area is 94.7 Å². The monoisotopic (exact) mass is 220 g/mol. The van der Waals surface area contributed by atoms with E-state index in [1.807, 2.05) is 0 Å². The second kappa shape index (κ2) is 4.16. The summed E-state index contributed by atoms with van der Waals surface area (Å²) < 4.78 is 0. The van der Waals surface area contributed by atoms with Crippen molar-refractivity contribution in [2.75, 3.05) is 0 Å². The Morgan fingerprint density at radius 1 is 1.19 bits per heavy atom. The quantitative estimate of drug-likeness (QED) is 0.805. The van der Waals surface area contributed by atoms with Gasteiger partial charge in [-0.25, -0.2) is 0 Å². The molecule has 2 rings (SSSR count). The molecule has 16 heavy (non-hydrogen) atoms. The van der Waals surface area contributed by atoms with E-state index in [9.17, 15) is 15.0 Å². The molecule has 86 valence electrons. The lowest BCUT2D eigenvalue weighted by Crippen LogP contribution is -2.37. The number of hydrogen-bond donors (Lipinski definition) is 2. The van der Waals surface area contributed by atoms with Gasteiger partial charge in [-0.15, -0.1) is 0 Å². The predicted octanol–water partition coefficient (Wildman–Crippen LogP) is 2.68. The molecule has 1 aromatic carbocycles. The Balaban J connectivity index is 2.42. The molecule has 0 aliphatic heterocycles. The molecule has 0 radical (unpaired) electrons. The summed E-state index contributed by atoms with van der Waals surface area (Å²) >= 11 is 0. The van der Waals surface area contributed by atoms with Gasteiger partial charge in [0, 0.05) is 0 Å². The van der Waals surface area contributed by atoms with Crippen molar-refractivity contribution in [3.63, 3.8) is 0 Å². The minimum Gasteiger partial charge on any atom is -0.508 e. The molecule has 0 bridgehead atoms. The van der Waals surface area contributed by atoms with Crippen molar-refractivity contribution in [3.05, 3.63) is 29.8 Å². The first-order chi connectivity index (χ1) is 7.65. The highest BCUT2D eigenvalue weighted by Gasteiger charge is 2.41. The molecule has 0 unspecified atom stereocenters. The summed E-state index contributed by atoms with van der Waals surface area (Å²) in [6.07, 6.45) is 4.34. The maximum atomic E-state index is 11.5. The number of hydrogen-bond acceptors (Lipinski definition) is 2. The summed E-state index contributed by atoms with van der Waals surface area (Å²) in [5, 5.41) is 18.9. The smallest absolute Gasteiger partial charge is 0.314 e. The molecule has 1 saturated carbocycles. The third-order valence-corrected chi connectivity index (χ3v) is 3.52. The summed E-state index contributed by atoms with van der Waals surface area (Å²) in [7, 11) is 0. The van der Waals surface area contributed by atoms with Gasteiger partial charge in [0.05, 0.1) is 5.41 Å². The van der Waals surface area contributed by atoms with Crippen LogP contribution in [0.5, 0.6) is 5.75 Å². The first-order valence-corrected chi connectivity index (χ1v) is 5.68. The molecule has 0 spiro atoms. The van der Waals surface area contributed by atoms with E-state index in [4.69, 9.17) is 0 Å². The van der Waals surface area contributed by atoms with Crippen LogP contribution < -0.4 is 0 Å². The number of aromatic hydroxyl groups is 1. The minimum absolute atomic E-state index is 0.142. The van der Waals surface area contributed by atoms with Crippen molar-refractivity contribution in [3.8, 4) is 5.75 Å². The number of phenols is 1. The van der Waals surface area contributed by atoms with E-state index in [2.05, 4.69) is 0 Å². The molecular formula is C13H16O3. The van der Waals surface area contributed by atoms with Crippen molar-refractivity contribution in [1.82, 2.24) is 0 Å². The van der Waals surface area contributed by atoms with E-state index in [0.717, 1.165) is 24.8 Å². The van der Waals surface area contributed by atoms with Gasteiger partial charge in [-0.1, -0.05) is 31.4 Å². The first-order valence-electron chi connectivity index (χ1n) is 5.68. The van der Waals surface area contributed by atoms with Crippen LogP contribution in [0.3, 0.4) is 0 Å². The number of rotatable bonds is 2. The minimum atomic E-state index is -0.781. The Morgan fingerprint density at radius 2 is 1.88 bits per heavy atom. The fraction of sp³-hybridized carbons (Fsp3) is 0.462. The van der Waals surface area contributed by atoms with Gasteiger partial charge in [-0.05, 0) is 30.5 Å². The largest absolute Gasteiger partial charge is 0.508 e. The van der Waals surface area contributed by atoms with Crippen molar-refractivity contribution in [2.24, 2.45) is 0 Å². The molecule has 0 atom stereocenters. The Kier molecular flexibility index (Phi) is 2.86. The third kappa shape index (κ3) is 1.77. The first kappa shape index (κ1) is 11.0. The van der Waals surface area contributed by atoms with Crippen molar-refractivity contribution >= 4 is 5.97 Å². The van der Waals surface area contributed by atoms with E-state index in [-0.39, 0.29) is 5.75 Å². The molecule has 0 aromatic heterocycles. The van der Waals surface area contributed by atoms with Crippen LogP contribution in [-0.4, -0.2) is 16.2 Å². The lowest BCUT2D eigenvalue weighted by molar-refractivity contribution is -0.145. The summed E-state index contributed by atoms with van der Waals surface area (Å²) in [6.45, 7) is 0. The average Bonchev–Trinajstić information content (AvgIpc) is 2.30. The van der Waals surface area contributed by atoms with Gasteiger partial charge in [0.1, 0.15) is 5.75 Å². The second-order valence-corrected chi connectivity index (χ2v) is 4.50. The van der Waals surface area contributed by atoms with Gasteiger partial charge in [-0.2, -0.15) is 0 Å². The van der Waals surface area contributed by atoms with Crippen molar-refractivity contribution in [2.45, 2.75) is 37.5 Å². The fourth-order valence-corrected chi connectivity index (χ4v) is 2.58. The highest BCUT2D eigenvalue weighted by atomic mass is 16.4. The lowest BCUT2D eigenvalue weighted by Gasteiger charge is -2.33. The zero-order chi connectivity index (χ0) is 11.6. The van der Waals surface area contributed by atoms with Crippen LogP contribution in [0.25, 0.3) is 0 Å². The van der Waals surface area contributed by atoms with E-state index in [1.54, 1.807) is 24.3 Å². The number of benzene rings is 1. The molecule has 3 nitrogen and oxygen atoms in total. The predicted molar refractivity (Wildman–Crippen MR) is 60.5 cm³/mol. The Bertz CT molecular complexity index is 392. The van der Waals surface area contributed by atoms with Gasteiger partial charge >= 0.3 is 5.97 Å². The van der Waals surface area contributed by atoms with Gasteiger partial charge in [0.15, 0.2) is 0 Å². The van der Waals surface area contributed by atoms with E-state index < -0.39 is 11.4 Å². The molecule has 1 aliphatic carbocycles. The average molecular weight is 220 g/mol. The highest BCUT2D eigenvalue weighted by molar-refractivity contribution is 5.81. The highest BCUT2D eigenvalue weighted by Crippen LogP contribution is 2.40. The molecular weight excluding hydrogens is 204 g/mol. The molecule has 2 N–H and O–H groups in total. The van der Waals surface area contributed by atoms with Gasteiger partial charge in [0.25, 0.3) is 0 Å². The second-order valence-electron chi connectivity index (χ2n) is 4.50. The molecule has 1 aliphatic rings. The zero-order valence-corrected chi connectivity index (χ0v) is 9.15. The van der Waals surface area contributed by atoms with Crippen molar-refractivity contribution in [1.29, 1.82) is 0 Å². The Morgan fingerprint density at radius 3 is 2.44 bits per heavy atom. The fourth-order valence-electron chi connectivity index (χ4n) is 2.58. The molecule has 1 fully saturated rings. The maximum Gasteiger partial charge on any atom is 0.314 e. The van der Waals surface area contributed by atoms with Crippen LogP contribution in [0, 0.1) is 0 Å². The molecule has 3 heteroatoms. The summed E-state index contributed by atoms with van der Waals surface area (Å²) in [6, 6.07) is 6.67. The van der Waals surface area contributed by atoms with Crippen LogP contribution in [0.4, 0.5) is 0 Å². The molecule has 0 heterocycles. The summed E-state index contributed by atoms with van der Waals surface area (Å²) in [4.78, 5) is 11.5. The standard InChI is InChI=1S/C13H16O3/c14-11-6-4-5-10(9-11)13(12(15)16)7-2-1-3-8-13/h4-6,9,14H,1-3,7-8H2,(H,15,16). The van der Waals surface area contributed by atoms with Crippen molar-refractivity contribution < 1.29 is 15.0 Å². The van der Waals surface area contributed by atoms with Gasteiger partial charge in [-0.3, -0.25) is 4.79 Å². The summed E-state index contributed by atoms with van der Waals surface area (Å²) in [5.74, 6) is -0.624. The SMILES string of the molecule is O=C(O)C1(c2cccc(O)c2)CCCCC1. The van der Waals surface area contributed by atoms with Gasteiger partial charge < -0.3 is 10.2 Å². The van der Waals surface area contributed by atoms with E-state index in [1.165, 1.54) is 0 Å². The maximum absolute atomic E-state index is 11.5. The third-order valence-electron chi connectivity index (χ3n) is 3.52. The number of phenolic OH excluding ortho intramolecular Hbond substituents is 1. The number of carboxylic acid groups (broad SMARTS) is 1. The number of aliphatic carboxylic acids is 1. The van der Waals surface area contributed by atoms with E-state index in [0.29, 0.717) is 12.8 Å². The number of carboxylic acids is 1. The summed E-state index contributed by atoms with van der Waals surface area (Å²) in [5.41, 5.74) is -0.0449. The number of carbonyl (C=O) groups is 1. The Hall–Kier alpha value is -1.51. The molecule has 0 amide bonds.